The second-order valence-electron chi connectivity index (χ2n) is 5.30. The first-order chi connectivity index (χ1) is 11.4. The molecule has 24 heavy (non-hydrogen) atoms. The number of Topliss-reactive ketones (excluding diaryl/α,β-unsaturated/α-hetero) is 1. The van der Waals surface area contributed by atoms with E-state index in [1.165, 1.54) is 21.1 Å². The molecule has 0 bridgehead atoms. The molecule has 0 saturated carbocycles. The summed E-state index contributed by atoms with van der Waals surface area (Å²) in [5.41, 5.74) is -0.172. The molecule has 0 amide bonds. The molecule has 0 spiro atoms. The third kappa shape index (κ3) is 4.98. The van der Waals surface area contributed by atoms with Crippen LogP contribution in [0.5, 0.6) is 0 Å². The highest BCUT2D eigenvalue weighted by molar-refractivity contribution is 7.55. The second-order valence-corrected chi connectivity index (χ2v) is 7.52. The lowest BCUT2D eigenvalue weighted by Gasteiger charge is -2.32. The van der Waals surface area contributed by atoms with Crippen molar-refractivity contribution in [3.63, 3.8) is 0 Å². The van der Waals surface area contributed by atoms with Gasteiger partial charge in [-0.3, -0.25) is 9.36 Å². The fraction of sp³-hybridized carbons (Fsp3) is 0.588. The molecule has 1 rings (SSSR count). The SMILES string of the molecule is CCOP(=O)(OCC)C(Cc1ccccc1)C(=O)C(C)(OC)OC. The molecule has 6 nitrogen and oxygen atoms in total. The van der Waals surface area contributed by atoms with E-state index in [4.69, 9.17) is 18.5 Å². The average molecular weight is 358 g/mol. The molecule has 0 saturated heterocycles. The molecule has 0 fully saturated rings. The summed E-state index contributed by atoms with van der Waals surface area (Å²) in [5, 5.41) is 0. The van der Waals surface area contributed by atoms with Gasteiger partial charge in [0.05, 0.1) is 13.2 Å². The van der Waals surface area contributed by atoms with Crippen LogP contribution in [-0.4, -0.2) is 44.7 Å². The Morgan fingerprint density at radius 3 is 2.00 bits per heavy atom. The summed E-state index contributed by atoms with van der Waals surface area (Å²) in [6, 6.07) is 9.31. The van der Waals surface area contributed by atoms with Gasteiger partial charge in [0.25, 0.3) is 0 Å². The smallest absolute Gasteiger partial charge is 0.341 e. The number of methoxy groups -OCH3 is 2. The van der Waals surface area contributed by atoms with Crippen LogP contribution < -0.4 is 0 Å². The van der Waals surface area contributed by atoms with Gasteiger partial charge in [-0.05, 0) is 32.8 Å². The van der Waals surface area contributed by atoms with Gasteiger partial charge in [0.15, 0.2) is 0 Å². The van der Waals surface area contributed by atoms with Crippen LogP contribution in [-0.2, 0) is 34.3 Å². The van der Waals surface area contributed by atoms with E-state index in [1.54, 1.807) is 13.8 Å². The lowest BCUT2D eigenvalue weighted by molar-refractivity contribution is -0.198. The van der Waals surface area contributed by atoms with Crippen molar-refractivity contribution >= 4 is 13.4 Å². The summed E-state index contributed by atoms with van der Waals surface area (Å²) in [6.07, 6.45) is 0.208. The summed E-state index contributed by atoms with van der Waals surface area (Å²) in [7, 11) is -0.947. The molecule has 0 aliphatic carbocycles. The van der Waals surface area contributed by atoms with Gasteiger partial charge in [0, 0.05) is 14.2 Å². The van der Waals surface area contributed by atoms with Crippen LogP contribution in [0.2, 0.25) is 0 Å². The van der Waals surface area contributed by atoms with Crippen LogP contribution in [0.25, 0.3) is 0 Å². The van der Waals surface area contributed by atoms with Crippen molar-refractivity contribution in [2.75, 3.05) is 27.4 Å². The number of carbonyl (C=O) groups excluding carboxylic acids is 1. The van der Waals surface area contributed by atoms with Crippen molar-refractivity contribution < 1.29 is 27.9 Å². The van der Waals surface area contributed by atoms with Gasteiger partial charge in [-0.15, -0.1) is 0 Å². The topological polar surface area (TPSA) is 71.1 Å². The summed E-state index contributed by atoms with van der Waals surface area (Å²) < 4.78 is 34.5. The van der Waals surface area contributed by atoms with Gasteiger partial charge in [0.2, 0.25) is 11.6 Å². The average Bonchev–Trinajstić information content (AvgIpc) is 2.59. The zero-order valence-electron chi connectivity index (χ0n) is 15.0. The normalized spacial score (nSPS) is 13.7. The van der Waals surface area contributed by atoms with E-state index in [-0.39, 0.29) is 19.6 Å². The Labute approximate surface area is 144 Å². The highest BCUT2D eigenvalue weighted by atomic mass is 31.2. The molecular weight excluding hydrogens is 331 g/mol. The van der Waals surface area contributed by atoms with Gasteiger partial charge in [-0.25, -0.2) is 0 Å². The second kappa shape index (κ2) is 9.44. The van der Waals surface area contributed by atoms with Crippen molar-refractivity contribution in [1.29, 1.82) is 0 Å². The maximum Gasteiger partial charge on any atom is 0.341 e. The van der Waals surface area contributed by atoms with E-state index < -0.39 is 24.8 Å². The number of rotatable bonds is 11. The van der Waals surface area contributed by atoms with E-state index in [2.05, 4.69) is 0 Å². The van der Waals surface area contributed by atoms with Crippen LogP contribution in [0.3, 0.4) is 0 Å². The molecule has 1 aromatic carbocycles. The van der Waals surface area contributed by atoms with Crippen LogP contribution in [0, 0.1) is 0 Å². The maximum absolute atomic E-state index is 13.3. The first-order valence-electron chi connectivity index (χ1n) is 7.94. The molecule has 0 radical (unpaired) electrons. The summed E-state index contributed by atoms with van der Waals surface area (Å²) >= 11 is 0. The van der Waals surface area contributed by atoms with Gasteiger partial charge in [-0.2, -0.15) is 0 Å². The molecule has 1 unspecified atom stereocenters. The minimum absolute atomic E-state index is 0.173. The van der Waals surface area contributed by atoms with Gasteiger partial charge in [0.1, 0.15) is 5.66 Å². The molecule has 1 aromatic rings. The molecule has 0 heterocycles. The summed E-state index contributed by atoms with van der Waals surface area (Å²) in [4.78, 5) is 13.0. The van der Waals surface area contributed by atoms with Crippen molar-refractivity contribution in [3.05, 3.63) is 35.9 Å². The molecular formula is C17H27O6P. The van der Waals surface area contributed by atoms with Crippen LogP contribution in [0.1, 0.15) is 26.3 Å². The number of carbonyl (C=O) groups is 1. The lowest BCUT2D eigenvalue weighted by Crippen LogP contribution is -2.46. The van der Waals surface area contributed by atoms with Crippen LogP contribution >= 0.6 is 7.60 Å². The minimum Gasteiger partial charge on any atom is -0.347 e. The fourth-order valence-corrected chi connectivity index (χ4v) is 4.46. The lowest BCUT2D eigenvalue weighted by atomic mass is 10.0. The van der Waals surface area contributed by atoms with Crippen molar-refractivity contribution in [2.45, 2.75) is 38.6 Å². The zero-order chi connectivity index (χ0) is 18.2. The number of hydrogen-bond donors (Lipinski definition) is 0. The Bertz CT molecular complexity index is 545. The quantitative estimate of drug-likeness (QED) is 0.446. The number of hydrogen-bond acceptors (Lipinski definition) is 6. The Morgan fingerprint density at radius 1 is 1.08 bits per heavy atom. The van der Waals surface area contributed by atoms with Crippen LogP contribution in [0.15, 0.2) is 30.3 Å². The van der Waals surface area contributed by atoms with E-state index >= 15 is 0 Å². The van der Waals surface area contributed by atoms with E-state index in [9.17, 15) is 9.36 Å². The third-order valence-corrected chi connectivity index (χ3v) is 6.22. The maximum atomic E-state index is 13.3. The summed E-state index contributed by atoms with van der Waals surface area (Å²) in [5.74, 6) is -2.00. The predicted molar refractivity (Wildman–Crippen MR) is 92.2 cm³/mol. The number of ether oxygens (including phenoxy) is 2. The van der Waals surface area contributed by atoms with Crippen LogP contribution in [0.4, 0.5) is 0 Å². The number of benzene rings is 1. The molecule has 0 aliphatic heterocycles. The van der Waals surface area contributed by atoms with E-state index in [0.29, 0.717) is 0 Å². The molecule has 0 N–H and O–H groups in total. The van der Waals surface area contributed by atoms with Crippen molar-refractivity contribution in [3.8, 4) is 0 Å². The van der Waals surface area contributed by atoms with Gasteiger partial charge < -0.3 is 18.5 Å². The molecule has 1 atom stereocenters. The Morgan fingerprint density at radius 2 is 1.58 bits per heavy atom. The highest BCUT2D eigenvalue weighted by Gasteiger charge is 2.48. The highest BCUT2D eigenvalue weighted by Crippen LogP contribution is 2.55. The van der Waals surface area contributed by atoms with E-state index in [0.717, 1.165) is 5.56 Å². The first-order valence-corrected chi connectivity index (χ1v) is 9.55. The Kier molecular flexibility index (Phi) is 8.27. The van der Waals surface area contributed by atoms with Crippen molar-refractivity contribution in [2.24, 2.45) is 0 Å². The van der Waals surface area contributed by atoms with E-state index in [1.807, 2.05) is 30.3 Å². The fourth-order valence-electron chi connectivity index (χ4n) is 2.35. The Hall–Kier alpha value is -1.04. The predicted octanol–water partition coefficient (Wildman–Crippen LogP) is 3.44. The molecule has 0 aliphatic rings. The largest absolute Gasteiger partial charge is 0.347 e. The molecule has 7 heteroatoms. The molecule has 136 valence electrons. The summed E-state index contributed by atoms with van der Waals surface area (Å²) in [6.45, 7) is 5.26. The zero-order valence-corrected chi connectivity index (χ0v) is 15.9. The Balaban J connectivity index is 3.29. The standard InChI is InChI=1S/C17H27O6P/c1-6-22-24(19,23-7-2)15(13-14-11-9-8-10-12-14)16(18)17(3,20-4)21-5/h8-12,15H,6-7,13H2,1-5H3. The van der Waals surface area contributed by atoms with Crippen molar-refractivity contribution in [1.82, 2.24) is 0 Å². The number of ketones is 1. The minimum atomic E-state index is -3.68. The third-order valence-electron chi connectivity index (χ3n) is 3.80. The first kappa shape index (κ1) is 21.0. The van der Waals surface area contributed by atoms with Gasteiger partial charge in [-0.1, -0.05) is 30.3 Å². The van der Waals surface area contributed by atoms with Gasteiger partial charge >= 0.3 is 7.60 Å². The molecule has 0 aromatic heterocycles. The monoisotopic (exact) mass is 358 g/mol.